The molecule has 1 aliphatic heterocycles. The third-order valence-electron chi connectivity index (χ3n) is 5.03. The van der Waals surface area contributed by atoms with Gasteiger partial charge in [-0.25, -0.2) is 9.59 Å². The summed E-state index contributed by atoms with van der Waals surface area (Å²) in [6.07, 6.45) is 4.71. The Labute approximate surface area is 188 Å². The number of ether oxygens (including phenoxy) is 3. The summed E-state index contributed by atoms with van der Waals surface area (Å²) in [5.41, 5.74) is -0.566. The number of esters is 2. The van der Waals surface area contributed by atoms with Crippen molar-refractivity contribution < 1.29 is 28.6 Å². The van der Waals surface area contributed by atoms with Crippen molar-refractivity contribution in [3.63, 3.8) is 0 Å². The summed E-state index contributed by atoms with van der Waals surface area (Å²) >= 11 is 0. The van der Waals surface area contributed by atoms with Crippen LogP contribution in [-0.2, 0) is 23.8 Å². The molecule has 1 saturated heterocycles. The highest BCUT2D eigenvalue weighted by Gasteiger charge is 2.37. The summed E-state index contributed by atoms with van der Waals surface area (Å²) in [7, 11) is -1.23. The van der Waals surface area contributed by atoms with Crippen LogP contribution in [0, 0.1) is 11.8 Å². The molecule has 1 amide bonds. The molecule has 0 aromatic heterocycles. The number of hydrogen-bond donors (Lipinski definition) is 0. The summed E-state index contributed by atoms with van der Waals surface area (Å²) in [6.45, 7) is 15.7. The summed E-state index contributed by atoms with van der Waals surface area (Å²) < 4.78 is 16.0. The molecule has 0 aliphatic carbocycles. The van der Waals surface area contributed by atoms with Crippen LogP contribution in [0.5, 0.6) is 0 Å². The lowest BCUT2D eigenvalue weighted by molar-refractivity contribution is -0.152. The lowest BCUT2D eigenvalue weighted by Gasteiger charge is -2.38. The molecule has 0 radical (unpaired) electrons. The molecule has 1 rings (SSSR count). The van der Waals surface area contributed by atoms with E-state index in [1.165, 1.54) is 6.08 Å². The Morgan fingerprint density at radius 3 is 2.39 bits per heavy atom. The van der Waals surface area contributed by atoms with Crippen molar-refractivity contribution in [2.75, 3.05) is 26.3 Å². The monoisotopic (exact) mass is 455 g/mol. The third kappa shape index (κ3) is 11.4. The van der Waals surface area contributed by atoms with Crippen LogP contribution >= 0.6 is 0 Å². The molecule has 0 aromatic carbocycles. The maximum atomic E-state index is 12.5. The molecule has 0 saturated carbocycles. The molecule has 0 aromatic rings. The minimum absolute atomic E-state index is 0.0483. The van der Waals surface area contributed by atoms with Crippen molar-refractivity contribution in [3.05, 3.63) is 12.2 Å². The lowest BCUT2D eigenvalue weighted by atomic mass is 9.82. The quantitative estimate of drug-likeness (QED) is 0.218. The average molecular weight is 456 g/mol. The maximum Gasteiger partial charge on any atom is 0.410 e. The van der Waals surface area contributed by atoms with Gasteiger partial charge >= 0.3 is 18.0 Å². The van der Waals surface area contributed by atoms with Crippen LogP contribution in [-0.4, -0.2) is 62.9 Å². The zero-order chi connectivity index (χ0) is 23.7. The van der Waals surface area contributed by atoms with Crippen molar-refractivity contribution in [1.82, 2.24) is 4.90 Å². The molecule has 7 nitrogen and oxygen atoms in total. The number of likely N-dealkylation sites (tertiary alicyclic amines) is 1. The first-order valence-corrected chi connectivity index (χ1v) is 15.0. The Morgan fingerprint density at radius 2 is 1.81 bits per heavy atom. The summed E-state index contributed by atoms with van der Waals surface area (Å²) in [6, 6.07) is 0.941. The van der Waals surface area contributed by atoms with E-state index in [-0.39, 0.29) is 29.9 Å². The smallest absolute Gasteiger partial charge is 0.410 e. The van der Waals surface area contributed by atoms with E-state index in [2.05, 4.69) is 19.6 Å². The third-order valence-corrected chi connectivity index (χ3v) is 6.73. The molecule has 1 aliphatic rings. The van der Waals surface area contributed by atoms with Gasteiger partial charge in [0, 0.05) is 27.2 Å². The van der Waals surface area contributed by atoms with Crippen molar-refractivity contribution in [3.8, 4) is 0 Å². The van der Waals surface area contributed by atoms with Gasteiger partial charge in [0.1, 0.15) is 5.60 Å². The number of nitrogens with zero attached hydrogens (tertiary/aromatic N) is 1. The van der Waals surface area contributed by atoms with Crippen LogP contribution in [0.15, 0.2) is 12.2 Å². The van der Waals surface area contributed by atoms with Crippen LogP contribution in [0.25, 0.3) is 0 Å². The Morgan fingerprint density at radius 1 is 1.13 bits per heavy atom. The number of carbonyl (C=O) groups excluding carboxylic acids is 3. The molecule has 2 atom stereocenters. The van der Waals surface area contributed by atoms with E-state index in [0.29, 0.717) is 45.6 Å². The normalized spacial score (nSPS) is 19.9. The van der Waals surface area contributed by atoms with Gasteiger partial charge in [-0.05, 0) is 58.9 Å². The van der Waals surface area contributed by atoms with Gasteiger partial charge in [0.25, 0.3) is 0 Å². The molecule has 1 fully saturated rings. The second kappa shape index (κ2) is 12.3. The fourth-order valence-electron chi connectivity index (χ4n) is 3.37. The number of hydrogen-bond acceptors (Lipinski definition) is 6. The van der Waals surface area contributed by atoms with E-state index in [4.69, 9.17) is 14.2 Å². The molecular weight excluding hydrogens is 414 g/mol. The van der Waals surface area contributed by atoms with Gasteiger partial charge in [-0.1, -0.05) is 25.7 Å². The van der Waals surface area contributed by atoms with Crippen molar-refractivity contribution in [2.45, 2.75) is 78.2 Å². The first-order valence-electron chi connectivity index (χ1n) is 11.3. The Hall–Kier alpha value is -1.83. The predicted octanol–water partition coefficient (Wildman–Crippen LogP) is 4.64. The molecule has 0 spiro atoms. The molecular formula is C23H41NO6Si. The maximum absolute atomic E-state index is 12.5. The number of allylic oxidation sites excluding steroid dienone is 1. The summed E-state index contributed by atoms with van der Waals surface area (Å²) in [5, 5.41) is 0. The highest BCUT2D eigenvalue weighted by Crippen LogP contribution is 2.30. The van der Waals surface area contributed by atoms with Crippen molar-refractivity contribution in [2.24, 2.45) is 11.8 Å². The Balaban J connectivity index is 2.63. The summed E-state index contributed by atoms with van der Waals surface area (Å²) in [4.78, 5) is 38.4. The second-order valence-electron chi connectivity index (χ2n) is 10.3. The molecule has 0 N–H and O–H groups in total. The Bertz CT molecular complexity index is 635. The number of piperidine rings is 1. The van der Waals surface area contributed by atoms with Gasteiger partial charge in [-0.2, -0.15) is 0 Å². The standard InChI is InChI=1S/C23H41NO6Si/c1-8-28-21(26)19-13-14-24(22(27)30-23(2,3)4)17-18(19)11-9-10-12-20(25)29-15-16-31(5,6)7/h10,12,18-19H,8-9,11,13-17H2,1-7H3/b12-10+/t18-,19+/m1/s1. The number of rotatable bonds is 9. The van der Waals surface area contributed by atoms with Gasteiger partial charge in [0.05, 0.1) is 19.1 Å². The fourth-order valence-corrected chi connectivity index (χ4v) is 4.09. The second-order valence-corrected chi connectivity index (χ2v) is 15.9. The van der Waals surface area contributed by atoms with E-state index in [9.17, 15) is 14.4 Å². The van der Waals surface area contributed by atoms with Gasteiger partial charge in [0.2, 0.25) is 0 Å². The molecule has 1 heterocycles. The minimum atomic E-state index is -1.23. The van der Waals surface area contributed by atoms with E-state index >= 15 is 0 Å². The van der Waals surface area contributed by atoms with E-state index in [1.54, 1.807) is 17.9 Å². The van der Waals surface area contributed by atoms with Crippen LogP contribution in [0.1, 0.15) is 47.0 Å². The van der Waals surface area contributed by atoms with Crippen LogP contribution in [0.2, 0.25) is 25.7 Å². The molecule has 31 heavy (non-hydrogen) atoms. The van der Waals surface area contributed by atoms with Gasteiger partial charge in [0.15, 0.2) is 0 Å². The molecule has 0 bridgehead atoms. The van der Waals surface area contributed by atoms with E-state index in [1.807, 2.05) is 20.8 Å². The highest BCUT2D eigenvalue weighted by atomic mass is 28.3. The lowest BCUT2D eigenvalue weighted by Crippen LogP contribution is -2.47. The van der Waals surface area contributed by atoms with Crippen LogP contribution in [0.3, 0.4) is 0 Å². The minimum Gasteiger partial charge on any atom is -0.466 e. The van der Waals surface area contributed by atoms with Crippen LogP contribution in [0.4, 0.5) is 4.79 Å². The van der Waals surface area contributed by atoms with E-state index in [0.717, 1.165) is 6.04 Å². The average Bonchev–Trinajstić information content (AvgIpc) is 2.62. The largest absolute Gasteiger partial charge is 0.466 e. The predicted molar refractivity (Wildman–Crippen MR) is 124 cm³/mol. The van der Waals surface area contributed by atoms with Gasteiger partial charge in [-0.15, -0.1) is 0 Å². The van der Waals surface area contributed by atoms with Crippen molar-refractivity contribution >= 4 is 26.1 Å². The SMILES string of the molecule is CCOC(=O)[C@H]1CCN(C(=O)OC(C)(C)C)C[C@H]1CC/C=C/C(=O)OCC[Si](C)(C)C. The highest BCUT2D eigenvalue weighted by molar-refractivity contribution is 6.76. The van der Waals surface area contributed by atoms with Crippen LogP contribution < -0.4 is 0 Å². The molecule has 178 valence electrons. The molecule has 8 heteroatoms. The molecule has 0 unspecified atom stereocenters. The number of carbonyl (C=O) groups is 3. The zero-order valence-corrected chi connectivity index (χ0v) is 21.4. The van der Waals surface area contributed by atoms with Gasteiger partial charge in [-0.3, -0.25) is 4.79 Å². The van der Waals surface area contributed by atoms with E-state index < -0.39 is 13.7 Å². The van der Waals surface area contributed by atoms with Gasteiger partial charge < -0.3 is 19.1 Å². The fraction of sp³-hybridized carbons (Fsp3) is 0.783. The number of amides is 1. The first-order chi connectivity index (χ1) is 14.3. The summed E-state index contributed by atoms with van der Waals surface area (Å²) in [5.74, 6) is -0.853. The Kier molecular flexibility index (Phi) is 10.8. The zero-order valence-electron chi connectivity index (χ0n) is 20.4. The topological polar surface area (TPSA) is 82.1 Å². The first kappa shape index (κ1) is 27.2. The van der Waals surface area contributed by atoms with Crippen molar-refractivity contribution in [1.29, 1.82) is 0 Å².